The molecule has 1 amide bonds. The molecule has 1 saturated heterocycles. The van der Waals surface area contributed by atoms with E-state index in [1.807, 2.05) is 0 Å². The van der Waals surface area contributed by atoms with Crippen molar-refractivity contribution in [3.63, 3.8) is 0 Å². The van der Waals surface area contributed by atoms with E-state index in [0.717, 1.165) is 11.3 Å². The minimum Gasteiger partial charge on any atom is -0.395 e. The van der Waals surface area contributed by atoms with Gasteiger partial charge in [-0.2, -0.15) is 0 Å². The summed E-state index contributed by atoms with van der Waals surface area (Å²) in [4.78, 5) is 16.3. The molecule has 2 aromatic rings. The number of carbonyl (C=O) groups excluding carboxylic acids is 1. The van der Waals surface area contributed by atoms with Crippen LogP contribution in [0.1, 0.15) is 0 Å². The molecule has 24 heavy (non-hydrogen) atoms. The zero-order valence-electron chi connectivity index (χ0n) is 12.0. The first-order chi connectivity index (χ1) is 11.0. The predicted octanol–water partition coefficient (Wildman–Crippen LogP) is 1.97. The van der Waals surface area contributed by atoms with E-state index in [1.54, 1.807) is 0 Å². The van der Waals surface area contributed by atoms with Gasteiger partial charge in [-0.05, 0) is 0 Å². The summed E-state index contributed by atoms with van der Waals surface area (Å²) < 4.78 is 40.8. The lowest BCUT2D eigenvalue weighted by molar-refractivity contribution is -0.286. The Morgan fingerprint density at radius 1 is 1.38 bits per heavy atom. The number of ether oxygens (including phenoxy) is 3. The zero-order chi connectivity index (χ0) is 16.0. The average Bonchev–Trinajstić information content (AvgIpc) is 3.02. The fraction of sp³-hybridized carbons (Fsp3) is 0.385. The number of nitrogens with zero attached hydrogens (tertiary/aromatic N) is 1. The number of benzene rings is 1. The smallest absolute Gasteiger partial charge is 0.395 e. The summed E-state index contributed by atoms with van der Waals surface area (Å²) >= 11 is 1.16. The Kier molecular flexibility index (Phi) is 4.47. The number of hydrogen-bond acceptors (Lipinski definition) is 7. The van der Waals surface area contributed by atoms with Gasteiger partial charge in [-0.3, -0.25) is 10.1 Å². The summed E-state index contributed by atoms with van der Waals surface area (Å²) in [5.74, 6) is -0.433. The van der Waals surface area contributed by atoms with Gasteiger partial charge in [0.05, 0.1) is 16.8 Å². The van der Waals surface area contributed by atoms with Crippen molar-refractivity contribution in [3.05, 3.63) is 12.1 Å². The summed E-state index contributed by atoms with van der Waals surface area (Å²) in [5.41, 5.74) is 0.438. The second-order valence-corrected chi connectivity index (χ2v) is 6.04. The Hall–Kier alpha value is -1.75. The van der Waals surface area contributed by atoms with E-state index in [4.69, 9.17) is 4.74 Å². The first kappa shape index (κ1) is 17.1. The van der Waals surface area contributed by atoms with Crippen molar-refractivity contribution in [2.75, 3.05) is 25.0 Å². The lowest BCUT2D eigenvalue weighted by Gasteiger charge is -2.22. The van der Waals surface area contributed by atoms with Gasteiger partial charge in [0.2, 0.25) is 0 Å². The molecule has 2 aliphatic rings. The topological polar surface area (TPSA) is 81.7 Å². The second kappa shape index (κ2) is 6.28. The molecule has 11 heteroatoms. The molecule has 4 rings (SSSR count). The van der Waals surface area contributed by atoms with Gasteiger partial charge in [0.1, 0.15) is 6.10 Å². The number of rotatable bonds is 2. The largest absolute Gasteiger partial charge is 0.586 e. The number of hydrogen-bond donors (Lipinski definition) is 2. The number of nitrogens with one attached hydrogen (secondary N) is 2. The number of alkyl halides is 2. The average molecular weight is 380 g/mol. The second-order valence-electron chi connectivity index (χ2n) is 5.01. The molecule has 1 fully saturated rings. The molecule has 0 bridgehead atoms. The third-order valence-electron chi connectivity index (χ3n) is 3.36. The van der Waals surface area contributed by atoms with Crippen LogP contribution in [0.4, 0.5) is 13.9 Å². The van der Waals surface area contributed by atoms with Crippen LogP contribution >= 0.6 is 23.7 Å². The van der Waals surface area contributed by atoms with Crippen molar-refractivity contribution in [2.45, 2.75) is 12.4 Å². The lowest BCUT2D eigenvalue weighted by atomic mass is 10.3. The molecular formula is C13H12ClF2N3O4S. The number of amides is 1. The predicted molar refractivity (Wildman–Crippen MR) is 84.3 cm³/mol. The van der Waals surface area contributed by atoms with Crippen LogP contribution < -0.4 is 20.1 Å². The Morgan fingerprint density at radius 2 is 2.12 bits per heavy atom. The molecule has 0 radical (unpaired) electrons. The Bertz CT molecular complexity index is 737. The number of fused-ring (bicyclic) bond motifs is 2. The highest BCUT2D eigenvalue weighted by Gasteiger charge is 2.43. The van der Waals surface area contributed by atoms with Gasteiger partial charge < -0.3 is 19.5 Å². The van der Waals surface area contributed by atoms with Gasteiger partial charge in [-0.15, -0.1) is 21.2 Å². The van der Waals surface area contributed by atoms with E-state index in [2.05, 4.69) is 25.1 Å². The van der Waals surface area contributed by atoms with Crippen LogP contribution in [0.3, 0.4) is 0 Å². The number of anilines is 1. The van der Waals surface area contributed by atoms with E-state index in [1.165, 1.54) is 12.1 Å². The van der Waals surface area contributed by atoms with Crippen molar-refractivity contribution in [3.8, 4) is 11.5 Å². The molecule has 1 atom stereocenters. The quantitative estimate of drug-likeness (QED) is 0.830. The molecule has 1 aromatic carbocycles. The van der Waals surface area contributed by atoms with Crippen molar-refractivity contribution in [2.24, 2.45) is 0 Å². The molecule has 130 valence electrons. The first-order valence-electron chi connectivity index (χ1n) is 6.84. The molecule has 0 unspecified atom stereocenters. The molecule has 0 aliphatic carbocycles. The number of aromatic nitrogens is 1. The molecule has 0 saturated carbocycles. The maximum atomic E-state index is 13.0. The van der Waals surface area contributed by atoms with Crippen LogP contribution in [0.15, 0.2) is 12.1 Å². The van der Waals surface area contributed by atoms with Gasteiger partial charge in [0, 0.05) is 25.2 Å². The van der Waals surface area contributed by atoms with Crippen molar-refractivity contribution >= 4 is 45.0 Å². The maximum Gasteiger partial charge on any atom is 0.586 e. The van der Waals surface area contributed by atoms with Gasteiger partial charge in [-0.1, -0.05) is 11.3 Å². The molecular weight excluding hydrogens is 368 g/mol. The lowest BCUT2D eigenvalue weighted by Crippen LogP contribution is -2.45. The SMILES string of the molecule is Cl.O=C(Nc1nc2cc3c(cc2s1)OC(F)(F)O3)[C@H]1CNCCO1. The minimum absolute atomic E-state index is 0. The van der Waals surface area contributed by atoms with Crippen molar-refractivity contribution in [1.82, 2.24) is 10.3 Å². The highest BCUT2D eigenvalue weighted by atomic mass is 35.5. The first-order valence-corrected chi connectivity index (χ1v) is 7.65. The molecule has 1 aromatic heterocycles. The van der Waals surface area contributed by atoms with Crippen molar-refractivity contribution < 1.29 is 27.8 Å². The third-order valence-corrected chi connectivity index (χ3v) is 4.30. The van der Waals surface area contributed by atoms with Gasteiger partial charge in [0.25, 0.3) is 5.91 Å². The molecule has 2 aliphatic heterocycles. The van der Waals surface area contributed by atoms with Gasteiger partial charge in [0.15, 0.2) is 16.6 Å². The maximum absolute atomic E-state index is 13.0. The highest BCUT2D eigenvalue weighted by molar-refractivity contribution is 7.22. The summed E-state index contributed by atoms with van der Waals surface area (Å²) in [7, 11) is 0. The molecule has 3 heterocycles. The fourth-order valence-corrected chi connectivity index (χ4v) is 3.22. The zero-order valence-corrected chi connectivity index (χ0v) is 13.6. The van der Waals surface area contributed by atoms with E-state index in [-0.39, 0.29) is 29.8 Å². The van der Waals surface area contributed by atoms with E-state index in [9.17, 15) is 13.6 Å². The molecule has 2 N–H and O–H groups in total. The third kappa shape index (κ3) is 3.22. The van der Waals surface area contributed by atoms with Crippen molar-refractivity contribution in [1.29, 1.82) is 0 Å². The Labute approximate surface area is 144 Å². The van der Waals surface area contributed by atoms with E-state index < -0.39 is 12.4 Å². The summed E-state index contributed by atoms with van der Waals surface area (Å²) in [6.07, 6.45) is -4.24. The monoisotopic (exact) mass is 379 g/mol. The van der Waals surface area contributed by atoms with Crippen LogP contribution in [-0.2, 0) is 9.53 Å². The van der Waals surface area contributed by atoms with Crippen LogP contribution in [-0.4, -0.2) is 43.0 Å². The normalized spacial score (nSPS) is 21.3. The van der Waals surface area contributed by atoms with E-state index in [0.29, 0.717) is 35.0 Å². The molecule has 0 spiro atoms. The standard InChI is InChI=1S/C13H11F2N3O4S.ClH/c14-13(15)21-7-3-6-10(4-8(7)22-13)23-12(17-6)18-11(19)9-5-16-1-2-20-9;/h3-4,9,16H,1-2,5H2,(H,17,18,19);1H/t9-;/m1./s1. The Morgan fingerprint density at radius 3 is 2.83 bits per heavy atom. The van der Waals surface area contributed by atoms with Crippen LogP contribution in [0.2, 0.25) is 0 Å². The van der Waals surface area contributed by atoms with Gasteiger partial charge in [-0.25, -0.2) is 4.98 Å². The van der Waals surface area contributed by atoms with Gasteiger partial charge >= 0.3 is 6.29 Å². The fourth-order valence-electron chi connectivity index (χ4n) is 2.35. The summed E-state index contributed by atoms with van der Waals surface area (Å²) in [6.45, 7) is 1.61. The van der Waals surface area contributed by atoms with Crippen LogP contribution in [0, 0.1) is 0 Å². The summed E-state index contributed by atoms with van der Waals surface area (Å²) in [5, 5.41) is 6.08. The molecule has 7 nitrogen and oxygen atoms in total. The number of morpholine rings is 1. The van der Waals surface area contributed by atoms with Crippen LogP contribution in [0.5, 0.6) is 11.5 Å². The highest BCUT2D eigenvalue weighted by Crippen LogP contribution is 2.44. The number of halogens is 3. The number of carbonyl (C=O) groups is 1. The van der Waals surface area contributed by atoms with Crippen LogP contribution in [0.25, 0.3) is 10.2 Å². The summed E-state index contributed by atoms with van der Waals surface area (Å²) in [6, 6.07) is 2.77. The van der Waals surface area contributed by atoms with E-state index >= 15 is 0 Å². The number of thiazole rings is 1. The minimum atomic E-state index is -3.66. The Balaban J connectivity index is 0.00000169.